The van der Waals surface area contributed by atoms with Crippen LogP contribution in [0.15, 0.2) is 20.0 Å². The number of furan rings is 1. The van der Waals surface area contributed by atoms with Crippen molar-refractivity contribution in [2.45, 2.75) is 68.5 Å². The summed E-state index contributed by atoms with van der Waals surface area (Å²) in [6, 6.07) is 2.17. The Morgan fingerprint density at radius 3 is 2.67 bits per heavy atom. The maximum absolute atomic E-state index is 12.6. The first-order valence-electron chi connectivity index (χ1n) is 7.44. The Labute approximate surface area is 134 Å². The first-order chi connectivity index (χ1) is 9.88. The van der Waals surface area contributed by atoms with Crippen LogP contribution in [-0.2, 0) is 16.6 Å². The normalized spacial score (nSPS) is 21.8. The van der Waals surface area contributed by atoms with Gasteiger partial charge in [-0.25, -0.2) is 13.1 Å². The fourth-order valence-corrected chi connectivity index (χ4v) is 5.30. The Morgan fingerprint density at radius 2 is 2.05 bits per heavy atom. The summed E-state index contributed by atoms with van der Waals surface area (Å²) in [4.78, 5) is 0.197. The van der Waals surface area contributed by atoms with Crippen molar-refractivity contribution < 1.29 is 12.8 Å². The van der Waals surface area contributed by atoms with Crippen LogP contribution in [0.1, 0.15) is 51.2 Å². The summed E-state index contributed by atoms with van der Waals surface area (Å²) in [6.45, 7) is 2.54. The molecule has 1 aromatic heterocycles. The molecule has 3 rings (SSSR count). The molecule has 7 heteroatoms. The molecular weight excluding hydrogens is 356 g/mol. The molecule has 1 heterocycles. The highest BCUT2D eigenvalue weighted by atomic mass is 79.9. The third-order valence-electron chi connectivity index (χ3n) is 4.23. The van der Waals surface area contributed by atoms with E-state index >= 15 is 0 Å². The molecule has 2 aliphatic carbocycles. The summed E-state index contributed by atoms with van der Waals surface area (Å²) >= 11 is 3.23. The maximum atomic E-state index is 12.6. The van der Waals surface area contributed by atoms with Crippen molar-refractivity contribution in [3.05, 3.63) is 16.5 Å². The number of hydrogen-bond acceptors (Lipinski definition) is 4. The number of halogens is 1. The van der Waals surface area contributed by atoms with Gasteiger partial charge in [-0.2, -0.15) is 0 Å². The van der Waals surface area contributed by atoms with Gasteiger partial charge in [-0.15, -0.1) is 0 Å². The third-order valence-corrected chi connectivity index (χ3v) is 6.72. The van der Waals surface area contributed by atoms with Crippen molar-refractivity contribution in [2.24, 2.45) is 0 Å². The van der Waals surface area contributed by atoms with Gasteiger partial charge in [-0.05, 0) is 48.5 Å². The van der Waals surface area contributed by atoms with E-state index in [9.17, 15) is 8.42 Å². The van der Waals surface area contributed by atoms with Gasteiger partial charge in [0.15, 0.2) is 4.67 Å². The second-order valence-corrected chi connectivity index (χ2v) is 8.75. The minimum Gasteiger partial charge on any atom is -0.452 e. The SMILES string of the molecule is CC1(NS(=O)(=O)c2cc(CNC3CC3)oc2Br)CCCC1. The lowest BCUT2D eigenvalue weighted by Gasteiger charge is -2.24. The van der Waals surface area contributed by atoms with Crippen molar-refractivity contribution in [1.29, 1.82) is 0 Å². The van der Waals surface area contributed by atoms with Crippen LogP contribution in [0.2, 0.25) is 0 Å². The van der Waals surface area contributed by atoms with E-state index in [-0.39, 0.29) is 15.1 Å². The van der Waals surface area contributed by atoms with Crippen molar-refractivity contribution in [3.8, 4) is 0 Å². The highest BCUT2D eigenvalue weighted by molar-refractivity contribution is 9.10. The summed E-state index contributed by atoms with van der Waals surface area (Å²) in [5, 5.41) is 3.32. The van der Waals surface area contributed by atoms with E-state index in [1.165, 1.54) is 12.8 Å². The molecule has 0 unspecified atom stereocenters. The Kier molecular flexibility index (Phi) is 4.20. The molecule has 118 valence electrons. The largest absolute Gasteiger partial charge is 0.452 e. The van der Waals surface area contributed by atoms with Gasteiger partial charge >= 0.3 is 0 Å². The summed E-state index contributed by atoms with van der Waals surface area (Å²) < 4.78 is 33.7. The minimum absolute atomic E-state index is 0.197. The van der Waals surface area contributed by atoms with E-state index in [0.29, 0.717) is 18.3 Å². The zero-order valence-corrected chi connectivity index (χ0v) is 14.5. The average Bonchev–Trinajstić information content (AvgIpc) is 3.01. The van der Waals surface area contributed by atoms with Gasteiger partial charge in [0.1, 0.15) is 10.7 Å². The Hall–Kier alpha value is -0.370. The predicted molar refractivity (Wildman–Crippen MR) is 83.5 cm³/mol. The molecule has 2 fully saturated rings. The van der Waals surface area contributed by atoms with Crippen LogP contribution in [0.25, 0.3) is 0 Å². The zero-order chi connectivity index (χ0) is 15.1. The molecule has 2 aliphatic rings. The summed E-state index contributed by atoms with van der Waals surface area (Å²) in [6.07, 6.45) is 6.29. The second-order valence-electron chi connectivity index (χ2n) is 6.38. The zero-order valence-electron chi connectivity index (χ0n) is 12.1. The third kappa shape index (κ3) is 3.70. The van der Waals surface area contributed by atoms with Crippen molar-refractivity contribution in [1.82, 2.24) is 10.0 Å². The van der Waals surface area contributed by atoms with Gasteiger partial charge in [-0.3, -0.25) is 0 Å². The van der Waals surface area contributed by atoms with Crippen molar-refractivity contribution in [2.75, 3.05) is 0 Å². The van der Waals surface area contributed by atoms with Crippen LogP contribution in [0, 0.1) is 0 Å². The summed E-state index contributed by atoms with van der Waals surface area (Å²) in [5.41, 5.74) is -0.331. The van der Waals surface area contributed by atoms with Gasteiger partial charge in [-0.1, -0.05) is 12.8 Å². The van der Waals surface area contributed by atoms with Crippen LogP contribution >= 0.6 is 15.9 Å². The summed E-state index contributed by atoms with van der Waals surface area (Å²) in [7, 11) is -3.55. The minimum atomic E-state index is -3.55. The van der Waals surface area contributed by atoms with E-state index in [1.54, 1.807) is 6.07 Å². The van der Waals surface area contributed by atoms with Crippen LogP contribution in [0.4, 0.5) is 0 Å². The molecule has 1 aromatic rings. The Morgan fingerprint density at radius 1 is 1.38 bits per heavy atom. The van der Waals surface area contributed by atoms with E-state index in [0.717, 1.165) is 25.7 Å². The quantitative estimate of drug-likeness (QED) is 0.800. The standard InChI is InChI=1S/C14H21BrN2O3S/c1-14(6-2-3-7-14)17-21(18,19)12-8-11(20-13(12)15)9-16-10-4-5-10/h8,10,16-17H,2-7,9H2,1H3. The average molecular weight is 377 g/mol. The molecule has 5 nitrogen and oxygen atoms in total. The molecule has 2 N–H and O–H groups in total. The molecule has 0 saturated heterocycles. The first kappa shape index (κ1) is 15.5. The molecule has 2 saturated carbocycles. The van der Waals surface area contributed by atoms with Crippen LogP contribution < -0.4 is 10.0 Å². The van der Waals surface area contributed by atoms with E-state index in [4.69, 9.17) is 4.42 Å². The fraction of sp³-hybridized carbons (Fsp3) is 0.714. The number of hydrogen-bond donors (Lipinski definition) is 2. The number of nitrogens with one attached hydrogen (secondary N) is 2. The number of sulfonamides is 1. The molecule has 0 radical (unpaired) electrons. The summed E-state index contributed by atoms with van der Waals surface area (Å²) in [5.74, 6) is 0.644. The van der Waals surface area contributed by atoms with Crippen LogP contribution in [-0.4, -0.2) is 20.0 Å². The predicted octanol–water partition coefficient (Wildman–Crippen LogP) is 2.91. The highest BCUT2D eigenvalue weighted by Crippen LogP contribution is 2.33. The Balaban J connectivity index is 1.74. The van der Waals surface area contributed by atoms with Crippen LogP contribution in [0.3, 0.4) is 0 Å². The van der Waals surface area contributed by atoms with Gasteiger partial charge in [0, 0.05) is 17.6 Å². The molecule has 0 aliphatic heterocycles. The van der Waals surface area contributed by atoms with Crippen molar-refractivity contribution >= 4 is 26.0 Å². The van der Waals surface area contributed by atoms with Crippen molar-refractivity contribution in [3.63, 3.8) is 0 Å². The van der Waals surface area contributed by atoms with E-state index in [2.05, 4.69) is 26.0 Å². The van der Waals surface area contributed by atoms with E-state index in [1.807, 2.05) is 6.92 Å². The number of rotatable bonds is 6. The van der Waals surface area contributed by atoms with Gasteiger partial charge in [0.25, 0.3) is 0 Å². The smallest absolute Gasteiger partial charge is 0.245 e. The Bertz CT molecular complexity index is 616. The van der Waals surface area contributed by atoms with E-state index < -0.39 is 10.0 Å². The van der Waals surface area contributed by atoms with Crippen LogP contribution in [0.5, 0.6) is 0 Å². The second kappa shape index (κ2) is 5.68. The molecular formula is C14H21BrN2O3S. The fourth-order valence-electron chi connectivity index (χ4n) is 2.84. The molecule has 0 amide bonds. The molecule has 0 spiro atoms. The molecule has 0 aromatic carbocycles. The lowest BCUT2D eigenvalue weighted by atomic mass is 10.0. The first-order valence-corrected chi connectivity index (χ1v) is 9.71. The van der Waals surface area contributed by atoms with Gasteiger partial charge in [0.2, 0.25) is 10.0 Å². The molecule has 0 atom stereocenters. The topological polar surface area (TPSA) is 71.3 Å². The van der Waals surface area contributed by atoms with Gasteiger partial charge < -0.3 is 9.73 Å². The lowest BCUT2D eigenvalue weighted by molar-refractivity contribution is 0.425. The maximum Gasteiger partial charge on any atom is 0.245 e. The van der Waals surface area contributed by atoms with Gasteiger partial charge in [0.05, 0.1) is 6.54 Å². The lowest BCUT2D eigenvalue weighted by Crippen LogP contribution is -2.43. The molecule has 0 bridgehead atoms. The molecule has 21 heavy (non-hydrogen) atoms. The monoisotopic (exact) mass is 376 g/mol. The highest BCUT2D eigenvalue weighted by Gasteiger charge is 2.35.